The molecule has 0 aromatic rings. The Labute approximate surface area is 97.5 Å². The predicted molar refractivity (Wildman–Crippen MR) is 67.0 cm³/mol. The van der Waals surface area contributed by atoms with Crippen LogP contribution < -0.4 is 4.72 Å². The van der Waals surface area contributed by atoms with E-state index in [0.29, 0.717) is 0 Å². The Morgan fingerprint density at radius 2 is 2.00 bits per heavy atom. The largest absolute Gasteiger partial charge is 0.598 e. The fourth-order valence-electron chi connectivity index (χ4n) is 1.84. The number of nitrogens with one attached hydrogen (secondary N) is 1. The fraction of sp³-hybridized carbons (Fsp3) is 1.00. The summed E-state index contributed by atoms with van der Waals surface area (Å²) >= 11 is -0.901. The van der Waals surface area contributed by atoms with Crippen molar-refractivity contribution < 1.29 is 4.55 Å². The van der Waals surface area contributed by atoms with Gasteiger partial charge in [0.05, 0.1) is 0 Å². The molecule has 0 heterocycles. The third-order valence-corrected chi connectivity index (χ3v) is 4.92. The maximum atomic E-state index is 11.7. The molecular formula is C12H25NOS. The van der Waals surface area contributed by atoms with Crippen molar-refractivity contribution in [2.75, 3.05) is 6.54 Å². The second-order valence-electron chi connectivity index (χ2n) is 5.73. The van der Waals surface area contributed by atoms with Crippen LogP contribution in [-0.2, 0) is 11.4 Å². The molecule has 1 N–H and O–H groups in total. The minimum Gasteiger partial charge on any atom is -0.598 e. The summed E-state index contributed by atoms with van der Waals surface area (Å²) in [7, 11) is 0. The average molecular weight is 231 g/mol. The first-order chi connectivity index (χ1) is 6.91. The maximum Gasteiger partial charge on any atom is 0.136 e. The van der Waals surface area contributed by atoms with Gasteiger partial charge in [0, 0.05) is 17.9 Å². The highest BCUT2D eigenvalue weighted by Gasteiger charge is 2.27. The van der Waals surface area contributed by atoms with Gasteiger partial charge in [0.1, 0.15) is 4.75 Å². The Bertz CT molecular complexity index is 187. The standard InChI is InChI=1S/C12H25NOS/c1-10(11-6-5-7-11)8-9-13-15(14)12(2,3)4/h10-11,13H,5-9H2,1-4H3/t10-,15?/m0/s1. The molecule has 1 rings (SSSR count). The highest BCUT2D eigenvalue weighted by molar-refractivity contribution is 7.90. The smallest absolute Gasteiger partial charge is 0.136 e. The van der Waals surface area contributed by atoms with Crippen LogP contribution in [0.3, 0.4) is 0 Å². The van der Waals surface area contributed by atoms with Gasteiger partial charge in [0.2, 0.25) is 0 Å². The van der Waals surface area contributed by atoms with E-state index in [4.69, 9.17) is 0 Å². The van der Waals surface area contributed by atoms with Crippen molar-refractivity contribution in [3.8, 4) is 0 Å². The molecule has 1 unspecified atom stereocenters. The molecule has 2 nitrogen and oxygen atoms in total. The average Bonchev–Trinajstić information content (AvgIpc) is 1.98. The van der Waals surface area contributed by atoms with E-state index in [-0.39, 0.29) is 4.75 Å². The molecule has 15 heavy (non-hydrogen) atoms. The zero-order chi connectivity index (χ0) is 11.5. The lowest BCUT2D eigenvalue weighted by atomic mass is 9.75. The number of rotatable bonds is 5. The lowest BCUT2D eigenvalue weighted by molar-refractivity contribution is 0.211. The maximum absolute atomic E-state index is 11.7. The van der Waals surface area contributed by atoms with Crippen LogP contribution in [0.5, 0.6) is 0 Å². The summed E-state index contributed by atoms with van der Waals surface area (Å²) in [6, 6.07) is 0. The van der Waals surface area contributed by atoms with Gasteiger partial charge >= 0.3 is 0 Å². The van der Waals surface area contributed by atoms with E-state index in [9.17, 15) is 4.55 Å². The quantitative estimate of drug-likeness (QED) is 0.738. The van der Waals surface area contributed by atoms with Crippen LogP contribution in [0.1, 0.15) is 53.4 Å². The van der Waals surface area contributed by atoms with Crippen molar-refractivity contribution in [3.05, 3.63) is 0 Å². The molecule has 0 saturated heterocycles. The molecule has 0 aliphatic heterocycles. The first kappa shape index (κ1) is 13.3. The Morgan fingerprint density at radius 3 is 2.40 bits per heavy atom. The first-order valence-corrected chi connectivity index (χ1v) is 7.21. The molecule has 0 aromatic heterocycles. The van der Waals surface area contributed by atoms with Gasteiger partial charge in [-0.3, -0.25) is 0 Å². The van der Waals surface area contributed by atoms with Crippen LogP contribution in [0, 0.1) is 11.8 Å². The van der Waals surface area contributed by atoms with E-state index in [1.165, 1.54) is 19.3 Å². The van der Waals surface area contributed by atoms with Crippen LogP contribution in [0.25, 0.3) is 0 Å². The van der Waals surface area contributed by atoms with E-state index in [1.807, 2.05) is 20.8 Å². The van der Waals surface area contributed by atoms with Crippen LogP contribution in [0.4, 0.5) is 0 Å². The SMILES string of the molecule is C[C@@H](CCN[S+]([O-])C(C)(C)C)C1CCC1. The Hall–Kier alpha value is 0.270. The molecule has 0 amide bonds. The van der Waals surface area contributed by atoms with Crippen molar-refractivity contribution in [2.24, 2.45) is 11.8 Å². The predicted octanol–water partition coefficient (Wildman–Crippen LogP) is 2.86. The van der Waals surface area contributed by atoms with Crippen LogP contribution in [0.15, 0.2) is 0 Å². The second kappa shape index (κ2) is 5.55. The summed E-state index contributed by atoms with van der Waals surface area (Å²) in [6.45, 7) is 9.23. The lowest BCUT2D eigenvalue weighted by Crippen LogP contribution is -2.40. The van der Waals surface area contributed by atoms with Gasteiger partial charge in [0.15, 0.2) is 0 Å². The van der Waals surface area contributed by atoms with Crippen molar-refractivity contribution in [3.63, 3.8) is 0 Å². The third kappa shape index (κ3) is 4.33. The summed E-state index contributed by atoms with van der Waals surface area (Å²) in [4.78, 5) is 0. The normalized spacial score (nSPS) is 22.2. The molecule has 0 aromatic carbocycles. The molecule has 0 bridgehead atoms. The van der Waals surface area contributed by atoms with Gasteiger partial charge in [-0.25, -0.2) is 0 Å². The van der Waals surface area contributed by atoms with Crippen molar-refractivity contribution in [1.82, 2.24) is 4.72 Å². The van der Waals surface area contributed by atoms with E-state index in [2.05, 4.69) is 11.6 Å². The molecule has 90 valence electrons. The molecule has 0 spiro atoms. The summed E-state index contributed by atoms with van der Waals surface area (Å²) < 4.78 is 14.7. The summed E-state index contributed by atoms with van der Waals surface area (Å²) in [5.41, 5.74) is 0. The monoisotopic (exact) mass is 231 g/mol. The van der Waals surface area contributed by atoms with Crippen LogP contribution >= 0.6 is 0 Å². The Balaban J connectivity index is 2.10. The molecular weight excluding hydrogens is 206 g/mol. The van der Waals surface area contributed by atoms with E-state index in [1.54, 1.807) is 0 Å². The van der Waals surface area contributed by atoms with Gasteiger partial charge in [0.25, 0.3) is 0 Å². The van der Waals surface area contributed by atoms with Crippen molar-refractivity contribution >= 4 is 11.4 Å². The van der Waals surface area contributed by atoms with Crippen molar-refractivity contribution in [2.45, 2.75) is 58.1 Å². The van der Waals surface area contributed by atoms with Gasteiger partial charge in [-0.1, -0.05) is 26.2 Å². The van der Waals surface area contributed by atoms with Gasteiger partial charge in [-0.15, -0.1) is 4.72 Å². The number of hydrogen-bond donors (Lipinski definition) is 1. The first-order valence-electron chi connectivity index (χ1n) is 6.06. The van der Waals surface area contributed by atoms with Gasteiger partial charge in [-0.2, -0.15) is 0 Å². The lowest BCUT2D eigenvalue weighted by Gasteiger charge is -2.32. The van der Waals surface area contributed by atoms with E-state index < -0.39 is 11.4 Å². The summed E-state index contributed by atoms with van der Waals surface area (Å²) in [5.74, 6) is 1.73. The highest BCUT2D eigenvalue weighted by atomic mass is 32.2. The molecule has 1 saturated carbocycles. The van der Waals surface area contributed by atoms with Crippen LogP contribution in [-0.4, -0.2) is 15.8 Å². The molecule has 1 aliphatic carbocycles. The summed E-state index contributed by atoms with van der Waals surface area (Å²) in [6.07, 6.45) is 5.38. The molecule has 1 aliphatic rings. The topological polar surface area (TPSA) is 35.1 Å². The van der Waals surface area contributed by atoms with E-state index in [0.717, 1.165) is 24.8 Å². The third-order valence-electron chi connectivity index (χ3n) is 3.34. The molecule has 3 heteroatoms. The molecule has 0 radical (unpaired) electrons. The molecule has 2 atom stereocenters. The number of hydrogen-bond acceptors (Lipinski definition) is 2. The zero-order valence-electron chi connectivity index (χ0n) is 10.5. The Morgan fingerprint density at radius 1 is 1.40 bits per heavy atom. The fourth-order valence-corrected chi connectivity index (χ4v) is 2.58. The summed E-state index contributed by atoms with van der Waals surface area (Å²) in [5, 5.41) is 0. The van der Waals surface area contributed by atoms with Gasteiger partial charge < -0.3 is 4.55 Å². The zero-order valence-corrected chi connectivity index (χ0v) is 11.3. The molecule has 1 fully saturated rings. The van der Waals surface area contributed by atoms with Crippen molar-refractivity contribution in [1.29, 1.82) is 0 Å². The van der Waals surface area contributed by atoms with E-state index >= 15 is 0 Å². The minimum atomic E-state index is -0.901. The highest BCUT2D eigenvalue weighted by Crippen LogP contribution is 2.34. The minimum absolute atomic E-state index is 0.139. The van der Waals surface area contributed by atoms with Crippen LogP contribution in [0.2, 0.25) is 0 Å². The van der Waals surface area contributed by atoms with Gasteiger partial charge in [-0.05, 0) is 39.0 Å². The second-order valence-corrected chi connectivity index (χ2v) is 7.78. The Kier molecular flexibility index (Phi) is 4.94.